The quantitative estimate of drug-likeness (QED) is 0.171. The van der Waals surface area contributed by atoms with Crippen LogP contribution in [-0.2, 0) is 19.2 Å². The minimum Gasteiger partial charge on any atom is -0.548 e. The van der Waals surface area contributed by atoms with E-state index < -0.39 is 23.0 Å². The number of aliphatic carboxylic acids is 2. The molecule has 3 aliphatic carbocycles. The number of hydrogen-bond acceptors (Lipinski definition) is 7. The number of nitrogens with two attached hydrogens (primary N) is 2. The zero-order valence-electron chi connectivity index (χ0n) is 22.2. The molecule has 1 aliphatic heterocycles. The second kappa shape index (κ2) is 16.2. The molecular weight excluding hydrogens is 609 g/mol. The topological polar surface area (TPSA) is 176 Å². The zero-order chi connectivity index (χ0) is 26.3. The standard InChI is InChI=1S/C9H13NO2.2C7H13NO2.CH3Br.BrH.Na/c1-2-6-3-9(4-6)5-7(11)10-8(9)12;2*1-2-5-3-7(8,4-5)6(9)10;1-2;;/h6H,2-5H2,1H3,(H,10,11,12);2*5H,2-4,8H2,1H3,(H,9,10);1H3;1H;/q;;;;;+1/p-1. The van der Waals surface area contributed by atoms with Gasteiger partial charge < -0.3 is 26.5 Å². The van der Waals surface area contributed by atoms with E-state index in [0.29, 0.717) is 49.9 Å². The SMILES string of the molecule is Br.CBr.CCC1CC(N)(C(=O)O)C1.CCC1CC(N)(C(=O)[O-])C1.CCC1CC2(CC(=O)NC2=O)C1.[Na+]. The van der Waals surface area contributed by atoms with E-state index in [9.17, 15) is 24.3 Å². The van der Waals surface area contributed by atoms with E-state index in [4.69, 9.17) is 16.6 Å². The van der Waals surface area contributed by atoms with Gasteiger partial charge in [0, 0.05) is 6.42 Å². The minimum absolute atomic E-state index is 0. The van der Waals surface area contributed by atoms with Crippen LogP contribution in [-0.4, -0.2) is 45.8 Å². The fourth-order valence-electron chi connectivity index (χ4n) is 5.21. The van der Waals surface area contributed by atoms with Crippen molar-refractivity contribution in [3.05, 3.63) is 0 Å². The van der Waals surface area contributed by atoms with Gasteiger partial charge in [-0.05, 0) is 62.1 Å². The van der Waals surface area contributed by atoms with E-state index in [-0.39, 0.29) is 63.8 Å². The molecule has 3 saturated carbocycles. The van der Waals surface area contributed by atoms with Crippen LogP contribution in [0.15, 0.2) is 0 Å². The molecule has 12 heteroatoms. The molecule has 4 fully saturated rings. The Morgan fingerprint density at radius 3 is 1.56 bits per heavy atom. The van der Waals surface area contributed by atoms with Gasteiger partial charge >= 0.3 is 35.5 Å². The third-order valence-electron chi connectivity index (χ3n) is 7.77. The van der Waals surface area contributed by atoms with Gasteiger partial charge in [-0.25, -0.2) is 0 Å². The molecule has 6 N–H and O–H groups in total. The number of amides is 2. The Morgan fingerprint density at radius 2 is 1.28 bits per heavy atom. The van der Waals surface area contributed by atoms with E-state index in [1.165, 1.54) is 0 Å². The summed E-state index contributed by atoms with van der Waals surface area (Å²) in [6.45, 7) is 6.23. The first kappa shape index (κ1) is 38.1. The Hall–Kier alpha value is -0.0400. The number of nitrogens with one attached hydrogen (secondary N) is 1. The van der Waals surface area contributed by atoms with Crippen molar-refractivity contribution < 1.29 is 58.9 Å². The molecule has 0 aromatic heterocycles. The Morgan fingerprint density at radius 1 is 0.917 bits per heavy atom. The molecule has 0 aromatic rings. The molecule has 4 aliphatic rings. The van der Waals surface area contributed by atoms with E-state index in [2.05, 4.69) is 35.1 Å². The van der Waals surface area contributed by atoms with Crippen molar-refractivity contribution in [2.45, 2.75) is 96.1 Å². The van der Waals surface area contributed by atoms with Crippen LogP contribution in [0.5, 0.6) is 0 Å². The van der Waals surface area contributed by atoms with Crippen molar-refractivity contribution in [2.75, 3.05) is 5.83 Å². The molecule has 4 rings (SSSR count). The molecule has 36 heavy (non-hydrogen) atoms. The molecule has 1 spiro atoms. The first-order valence-corrected chi connectivity index (χ1v) is 13.7. The number of carboxylic acid groups (broad SMARTS) is 2. The average Bonchev–Trinajstić information content (AvgIpc) is 3.03. The molecule has 0 unspecified atom stereocenters. The average molecular weight is 651 g/mol. The predicted octanol–water partition coefficient (Wildman–Crippen LogP) is -0.725. The van der Waals surface area contributed by atoms with Crippen molar-refractivity contribution in [2.24, 2.45) is 34.6 Å². The Balaban J connectivity index is 0. The molecule has 1 heterocycles. The Labute approximate surface area is 255 Å². The van der Waals surface area contributed by atoms with Gasteiger partial charge in [-0.15, -0.1) is 17.0 Å². The predicted molar refractivity (Wildman–Crippen MR) is 141 cm³/mol. The summed E-state index contributed by atoms with van der Waals surface area (Å²) in [7, 11) is 0. The maximum atomic E-state index is 11.3. The Bertz CT molecular complexity index is 716. The number of imide groups is 1. The van der Waals surface area contributed by atoms with Crippen molar-refractivity contribution >= 4 is 56.7 Å². The second-order valence-corrected chi connectivity index (χ2v) is 10.3. The molecule has 0 bridgehead atoms. The van der Waals surface area contributed by atoms with E-state index in [1.54, 1.807) is 0 Å². The molecule has 204 valence electrons. The van der Waals surface area contributed by atoms with E-state index >= 15 is 0 Å². The molecule has 0 radical (unpaired) electrons. The fourth-order valence-corrected chi connectivity index (χ4v) is 5.21. The number of carbonyl (C=O) groups is 4. The van der Waals surface area contributed by atoms with Crippen LogP contribution in [0, 0.1) is 23.2 Å². The summed E-state index contributed by atoms with van der Waals surface area (Å²) < 4.78 is 0. The molecule has 1 saturated heterocycles. The van der Waals surface area contributed by atoms with E-state index in [0.717, 1.165) is 32.1 Å². The number of hydrogen-bond donors (Lipinski definition) is 4. The number of rotatable bonds is 5. The molecule has 9 nitrogen and oxygen atoms in total. The van der Waals surface area contributed by atoms with Crippen LogP contribution in [0.25, 0.3) is 0 Å². The Kier molecular flexibility index (Phi) is 17.1. The van der Waals surface area contributed by atoms with Crippen molar-refractivity contribution in [1.29, 1.82) is 0 Å². The van der Waals surface area contributed by atoms with Gasteiger partial charge in [0.25, 0.3) is 0 Å². The van der Waals surface area contributed by atoms with Gasteiger partial charge in [0.1, 0.15) is 5.54 Å². The van der Waals surface area contributed by atoms with Crippen LogP contribution in [0.3, 0.4) is 0 Å². The molecule has 2 amide bonds. The van der Waals surface area contributed by atoms with Crippen LogP contribution in [0.2, 0.25) is 0 Å². The zero-order valence-corrected chi connectivity index (χ0v) is 27.5. The maximum Gasteiger partial charge on any atom is 1.00 e. The van der Waals surface area contributed by atoms with Gasteiger partial charge in [0.2, 0.25) is 11.8 Å². The number of carbonyl (C=O) groups excluding carboxylic acids is 3. The van der Waals surface area contributed by atoms with Crippen LogP contribution >= 0.6 is 32.9 Å². The first-order chi connectivity index (χ1) is 15.8. The monoisotopic (exact) mass is 649 g/mol. The van der Waals surface area contributed by atoms with Gasteiger partial charge in [-0.3, -0.25) is 19.7 Å². The first-order valence-electron chi connectivity index (χ1n) is 12.1. The smallest absolute Gasteiger partial charge is 0.548 e. The fraction of sp³-hybridized carbons (Fsp3) is 0.833. The van der Waals surface area contributed by atoms with Crippen molar-refractivity contribution in [1.82, 2.24) is 5.32 Å². The summed E-state index contributed by atoms with van der Waals surface area (Å²) in [5.41, 5.74) is 8.79. The van der Waals surface area contributed by atoms with E-state index in [1.807, 2.05) is 12.8 Å². The maximum absolute atomic E-state index is 11.3. The third-order valence-corrected chi connectivity index (χ3v) is 7.77. The van der Waals surface area contributed by atoms with Crippen LogP contribution in [0.4, 0.5) is 0 Å². The molecular formula is C24H42Br2N3NaO6. The van der Waals surface area contributed by atoms with Crippen LogP contribution < -0.4 is 51.4 Å². The van der Waals surface area contributed by atoms with Crippen molar-refractivity contribution in [3.8, 4) is 0 Å². The summed E-state index contributed by atoms with van der Waals surface area (Å²) in [4.78, 5) is 43.0. The number of halogens is 2. The molecule has 0 atom stereocenters. The summed E-state index contributed by atoms with van der Waals surface area (Å²) in [5, 5.41) is 21.3. The third kappa shape index (κ3) is 9.31. The summed E-state index contributed by atoms with van der Waals surface area (Å²) in [6, 6.07) is 0. The minimum atomic E-state index is -1.10. The van der Waals surface area contributed by atoms with Gasteiger partial charge in [0.05, 0.1) is 16.9 Å². The molecule has 0 aromatic carbocycles. The largest absolute Gasteiger partial charge is 1.00 e. The number of carboxylic acids is 2. The normalized spacial score (nSPS) is 35.0. The summed E-state index contributed by atoms with van der Waals surface area (Å²) in [5.74, 6) is 1.46. The second-order valence-electron chi connectivity index (χ2n) is 10.3. The van der Waals surface area contributed by atoms with Gasteiger partial charge in [0.15, 0.2) is 0 Å². The summed E-state index contributed by atoms with van der Waals surface area (Å²) in [6.07, 6.45) is 7.95. The van der Waals surface area contributed by atoms with Gasteiger partial charge in [-0.1, -0.05) is 56.0 Å². The van der Waals surface area contributed by atoms with Crippen LogP contribution in [0.1, 0.15) is 85.0 Å². The summed E-state index contributed by atoms with van der Waals surface area (Å²) >= 11 is 2.94. The van der Waals surface area contributed by atoms with Crippen molar-refractivity contribution in [3.63, 3.8) is 0 Å². The van der Waals surface area contributed by atoms with Gasteiger partial charge in [-0.2, -0.15) is 0 Å². The number of alkyl halides is 1.